The molecule has 2 aromatic carbocycles. The van der Waals surface area contributed by atoms with E-state index in [1.165, 1.54) is 5.69 Å². The highest BCUT2D eigenvalue weighted by atomic mass is 16.1. The number of rotatable bonds is 4. The molecule has 1 aliphatic carbocycles. The van der Waals surface area contributed by atoms with Gasteiger partial charge in [-0.2, -0.15) is 0 Å². The number of Topliss-reactive ketones (excluding diaryl/α,β-unsaturated/α-hetero) is 1. The zero-order chi connectivity index (χ0) is 18.1. The van der Waals surface area contributed by atoms with E-state index < -0.39 is 0 Å². The van der Waals surface area contributed by atoms with E-state index in [1.54, 1.807) is 0 Å². The second kappa shape index (κ2) is 6.87. The molecule has 0 amide bonds. The Hall–Kier alpha value is -2.75. The second-order valence-corrected chi connectivity index (χ2v) is 6.83. The minimum Gasteiger partial charge on any atom is -0.372 e. The fourth-order valence-corrected chi connectivity index (χ4v) is 3.97. The molecule has 1 aliphatic heterocycles. The monoisotopic (exact) mass is 347 g/mol. The Labute approximate surface area is 154 Å². The number of ketones is 1. The van der Waals surface area contributed by atoms with E-state index in [4.69, 9.17) is 0 Å². The lowest BCUT2D eigenvalue weighted by Crippen LogP contribution is -2.22. The van der Waals surface area contributed by atoms with Gasteiger partial charge in [-0.15, -0.1) is 0 Å². The topological polar surface area (TPSA) is 44.4 Å². The molecule has 4 nitrogen and oxygen atoms in total. The molecule has 134 valence electrons. The van der Waals surface area contributed by atoms with Crippen molar-refractivity contribution < 1.29 is 4.79 Å². The summed E-state index contributed by atoms with van der Waals surface area (Å²) in [7, 11) is 0. The van der Waals surface area contributed by atoms with E-state index in [-0.39, 0.29) is 11.8 Å². The van der Waals surface area contributed by atoms with Crippen LogP contribution in [0, 0.1) is 0 Å². The normalized spacial score (nSPS) is 18.5. The molecule has 0 aromatic heterocycles. The van der Waals surface area contributed by atoms with E-state index in [9.17, 15) is 4.79 Å². The third-order valence-corrected chi connectivity index (χ3v) is 5.38. The molecular weight excluding hydrogens is 322 g/mol. The number of carbonyl (C=O) groups is 1. The summed E-state index contributed by atoms with van der Waals surface area (Å²) >= 11 is 0. The van der Waals surface area contributed by atoms with Crippen LogP contribution in [0.3, 0.4) is 0 Å². The highest BCUT2D eigenvalue weighted by molar-refractivity contribution is 6.02. The lowest BCUT2D eigenvalue weighted by Gasteiger charge is -2.24. The van der Waals surface area contributed by atoms with Crippen LogP contribution in [-0.2, 0) is 4.79 Å². The first kappa shape index (κ1) is 16.7. The van der Waals surface area contributed by atoms with Crippen molar-refractivity contribution in [2.75, 3.05) is 28.6 Å². The Bertz CT molecular complexity index is 850. The molecule has 1 atom stereocenters. The number of hydrogen-bond donors (Lipinski definition) is 2. The van der Waals surface area contributed by atoms with Crippen molar-refractivity contribution in [1.82, 2.24) is 0 Å². The summed E-state index contributed by atoms with van der Waals surface area (Å²) < 4.78 is 0. The molecule has 0 spiro atoms. The number of benzene rings is 2. The fourth-order valence-electron chi connectivity index (χ4n) is 3.97. The smallest absolute Gasteiger partial charge is 0.163 e. The number of nitrogens with zero attached hydrogens (tertiary/aromatic N) is 1. The van der Waals surface area contributed by atoms with Crippen LogP contribution in [0.1, 0.15) is 38.3 Å². The predicted octanol–water partition coefficient (Wildman–Crippen LogP) is 4.73. The summed E-state index contributed by atoms with van der Waals surface area (Å²) in [6, 6.07) is 16.7. The Morgan fingerprint density at radius 2 is 1.65 bits per heavy atom. The summed E-state index contributed by atoms with van der Waals surface area (Å²) in [4.78, 5) is 14.9. The van der Waals surface area contributed by atoms with Crippen LogP contribution in [0.5, 0.6) is 0 Å². The molecule has 2 aliphatic rings. The van der Waals surface area contributed by atoms with Crippen molar-refractivity contribution >= 4 is 22.8 Å². The summed E-state index contributed by atoms with van der Waals surface area (Å²) in [5, 5.41) is 7.09. The number of hydrogen-bond acceptors (Lipinski definition) is 4. The molecule has 1 heterocycles. The fraction of sp³-hybridized carbons (Fsp3) is 0.318. The number of allylic oxidation sites excluding steroid dienone is 1. The molecule has 1 unspecified atom stereocenters. The molecule has 0 fully saturated rings. The van der Waals surface area contributed by atoms with Gasteiger partial charge >= 0.3 is 0 Å². The van der Waals surface area contributed by atoms with E-state index in [0.717, 1.165) is 47.7 Å². The zero-order valence-corrected chi connectivity index (χ0v) is 15.4. The highest BCUT2D eigenvalue weighted by Gasteiger charge is 2.33. The molecule has 4 heteroatoms. The van der Waals surface area contributed by atoms with Gasteiger partial charge < -0.3 is 15.5 Å². The van der Waals surface area contributed by atoms with Crippen molar-refractivity contribution in [2.24, 2.45) is 0 Å². The van der Waals surface area contributed by atoms with Crippen molar-refractivity contribution in [3.8, 4) is 0 Å². The van der Waals surface area contributed by atoms with Crippen molar-refractivity contribution in [3.05, 3.63) is 65.4 Å². The predicted molar refractivity (Wildman–Crippen MR) is 108 cm³/mol. The number of para-hydroxylation sites is 2. The van der Waals surface area contributed by atoms with Gasteiger partial charge in [0.25, 0.3) is 0 Å². The largest absolute Gasteiger partial charge is 0.372 e. The SMILES string of the molecule is CCN(CC)c1ccc(C2Nc3ccccc3NC3=C2C(=O)CC3)cc1. The maximum absolute atomic E-state index is 12.6. The van der Waals surface area contributed by atoms with Crippen LogP contribution < -0.4 is 15.5 Å². The Morgan fingerprint density at radius 3 is 2.35 bits per heavy atom. The van der Waals surface area contributed by atoms with E-state index in [1.807, 2.05) is 12.1 Å². The maximum atomic E-state index is 12.6. The summed E-state index contributed by atoms with van der Waals surface area (Å²) in [6.45, 7) is 6.31. The van der Waals surface area contributed by atoms with Gasteiger partial charge in [0.1, 0.15) is 0 Å². The van der Waals surface area contributed by atoms with E-state index in [2.05, 4.69) is 65.8 Å². The Kier molecular flexibility index (Phi) is 4.41. The van der Waals surface area contributed by atoms with Crippen LogP contribution in [0.25, 0.3) is 0 Å². The van der Waals surface area contributed by atoms with Crippen LogP contribution >= 0.6 is 0 Å². The average Bonchev–Trinajstić information content (AvgIpc) is 2.94. The maximum Gasteiger partial charge on any atom is 0.163 e. The number of carbonyl (C=O) groups excluding carboxylic acids is 1. The van der Waals surface area contributed by atoms with Crippen LogP contribution in [0.4, 0.5) is 17.1 Å². The molecule has 26 heavy (non-hydrogen) atoms. The van der Waals surface area contributed by atoms with Crippen LogP contribution in [0.2, 0.25) is 0 Å². The van der Waals surface area contributed by atoms with Crippen molar-refractivity contribution in [1.29, 1.82) is 0 Å². The minimum absolute atomic E-state index is 0.109. The average molecular weight is 347 g/mol. The second-order valence-electron chi connectivity index (χ2n) is 6.83. The molecule has 4 rings (SSSR count). The summed E-state index contributed by atoms with van der Waals surface area (Å²) in [5.74, 6) is 0.241. The first-order chi connectivity index (χ1) is 12.7. The third-order valence-electron chi connectivity index (χ3n) is 5.38. The molecule has 2 aromatic rings. The van der Waals surface area contributed by atoms with Crippen LogP contribution in [-0.4, -0.2) is 18.9 Å². The van der Waals surface area contributed by atoms with Gasteiger partial charge in [-0.3, -0.25) is 4.79 Å². The number of nitrogens with one attached hydrogen (secondary N) is 2. The molecule has 0 radical (unpaired) electrons. The van der Waals surface area contributed by atoms with Gasteiger partial charge in [0.2, 0.25) is 0 Å². The minimum atomic E-state index is -0.109. The Balaban J connectivity index is 1.74. The lowest BCUT2D eigenvalue weighted by atomic mass is 9.96. The first-order valence-electron chi connectivity index (χ1n) is 9.45. The van der Waals surface area contributed by atoms with Gasteiger partial charge in [0.15, 0.2) is 5.78 Å². The van der Waals surface area contributed by atoms with Crippen LogP contribution in [0.15, 0.2) is 59.8 Å². The highest BCUT2D eigenvalue weighted by Crippen LogP contribution is 2.41. The van der Waals surface area contributed by atoms with Crippen molar-refractivity contribution in [2.45, 2.75) is 32.7 Å². The quantitative estimate of drug-likeness (QED) is 0.839. The molecular formula is C22H25N3O. The third kappa shape index (κ3) is 2.85. The molecule has 0 bridgehead atoms. The van der Waals surface area contributed by atoms with Gasteiger partial charge in [-0.25, -0.2) is 0 Å². The number of anilines is 3. The first-order valence-corrected chi connectivity index (χ1v) is 9.45. The molecule has 0 saturated carbocycles. The van der Waals surface area contributed by atoms with Gasteiger partial charge in [-0.1, -0.05) is 24.3 Å². The van der Waals surface area contributed by atoms with Gasteiger partial charge in [0, 0.05) is 36.5 Å². The van der Waals surface area contributed by atoms with Crippen molar-refractivity contribution in [3.63, 3.8) is 0 Å². The van der Waals surface area contributed by atoms with Gasteiger partial charge in [0.05, 0.1) is 17.4 Å². The molecule has 2 N–H and O–H groups in total. The number of fused-ring (bicyclic) bond motifs is 1. The van der Waals surface area contributed by atoms with E-state index in [0.29, 0.717) is 6.42 Å². The molecule has 0 saturated heterocycles. The summed E-state index contributed by atoms with van der Waals surface area (Å²) in [6.07, 6.45) is 1.38. The summed E-state index contributed by atoms with van der Waals surface area (Å²) in [5.41, 5.74) is 6.37. The Morgan fingerprint density at radius 1 is 0.962 bits per heavy atom. The van der Waals surface area contributed by atoms with Gasteiger partial charge in [-0.05, 0) is 50.1 Å². The lowest BCUT2D eigenvalue weighted by molar-refractivity contribution is -0.115. The zero-order valence-electron chi connectivity index (χ0n) is 15.4. The van der Waals surface area contributed by atoms with E-state index >= 15 is 0 Å². The standard InChI is InChI=1S/C22H25N3O/c1-3-25(4-2)16-11-9-15(10-12-16)22-21-19(13-14-20(21)26)23-17-7-5-6-8-18(17)24-22/h5-12,22-24H,3-4,13-14H2,1-2H3.